The summed E-state index contributed by atoms with van der Waals surface area (Å²) >= 11 is 0. The van der Waals surface area contributed by atoms with Gasteiger partial charge >= 0.3 is 0 Å². The number of carbonyl (C=O) groups excluding carboxylic acids is 1. The van der Waals surface area contributed by atoms with Crippen LogP contribution in [0.2, 0.25) is 0 Å². The monoisotopic (exact) mass is 396 g/mol. The number of hydrogen-bond acceptors (Lipinski definition) is 3. The fraction of sp³-hybridized carbons (Fsp3) is 0.160. The third kappa shape index (κ3) is 5.20. The number of aromatic nitrogens is 3. The number of hydrogen-bond donors (Lipinski definition) is 0. The Kier molecular flexibility index (Phi) is 6.30. The average molecular weight is 396 g/mol. The Morgan fingerprint density at radius 1 is 0.833 bits per heavy atom. The first-order valence-corrected chi connectivity index (χ1v) is 10.1. The molecule has 2 heterocycles. The van der Waals surface area contributed by atoms with E-state index in [0.717, 1.165) is 23.2 Å². The number of rotatable bonds is 8. The predicted octanol–water partition coefficient (Wildman–Crippen LogP) is 4.08. The lowest BCUT2D eigenvalue weighted by molar-refractivity contribution is -0.131. The maximum Gasteiger partial charge on any atom is 0.227 e. The summed E-state index contributed by atoms with van der Waals surface area (Å²) in [6, 6.07) is 24.1. The normalized spacial score (nSPS) is 10.7. The zero-order valence-electron chi connectivity index (χ0n) is 16.8. The van der Waals surface area contributed by atoms with Gasteiger partial charge in [-0.15, -0.1) is 0 Å². The summed E-state index contributed by atoms with van der Waals surface area (Å²) < 4.78 is 1.80. The van der Waals surface area contributed by atoms with E-state index in [4.69, 9.17) is 0 Å². The third-order valence-electron chi connectivity index (χ3n) is 4.97. The number of nitrogens with zero attached hydrogens (tertiary/aromatic N) is 4. The molecule has 2 aromatic heterocycles. The Bertz CT molecular complexity index is 1060. The molecule has 4 rings (SSSR count). The van der Waals surface area contributed by atoms with Gasteiger partial charge in [0, 0.05) is 31.7 Å². The predicted molar refractivity (Wildman–Crippen MR) is 117 cm³/mol. The molecular formula is C25H24N4O. The molecule has 0 aliphatic heterocycles. The van der Waals surface area contributed by atoms with Crippen LogP contribution < -0.4 is 0 Å². The van der Waals surface area contributed by atoms with Crippen molar-refractivity contribution in [1.29, 1.82) is 0 Å². The van der Waals surface area contributed by atoms with E-state index in [9.17, 15) is 4.79 Å². The van der Waals surface area contributed by atoms with Crippen molar-refractivity contribution < 1.29 is 4.79 Å². The van der Waals surface area contributed by atoms with Crippen LogP contribution in [0.15, 0.2) is 97.6 Å². The maximum absolute atomic E-state index is 13.2. The highest BCUT2D eigenvalue weighted by molar-refractivity contribution is 5.78. The van der Waals surface area contributed by atoms with Gasteiger partial charge in [0.15, 0.2) is 0 Å². The highest BCUT2D eigenvalue weighted by Crippen LogP contribution is 2.12. The fourth-order valence-electron chi connectivity index (χ4n) is 3.37. The molecule has 0 bridgehead atoms. The van der Waals surface area contributed by atoms with E-state index in [0.29, 0.717) is 19.5 Å². The van der Waals surface area contributed by atoms with Crippen LogP contribution >= 0.6 is 0 Å². The van der Waals surface area contributed by atoms with Crippen molar-refractivity contribution in [2.45, 2.75) is 19.4 Å². The Balaban J connectivity index is 1.46. The first-order chi connectivity index (χ1) is 14.8. The maximum atomic E-state index is 13.2. The van der Waals surface area contributed by atoms with Crippen LogP contribution in [0.4, 0.5) is 0 Å². The van der Waals surface area contributed by atoms with Crippen LogP contribution in [0.5, 0.6) is 0 Å². The number of carbonyl (C=O) groups is 1. The molecule has 0 radical (unpaired) electrons. The molecule has 0 N–H and O–H groups in total. The van der Waals surface area contributed by atoms with E-state index in [1.54, 1.807) is 17.1 Å². The molecule has 0 spiro atoms. The minimum Gasteiger partial charge on any atom is -0.338 e. The van der Waals surface area contributed by atoms with Crippen molar-refractivity contribution in [3.63, 3.8) is 0 Å². The summed E-state index contributed by atoms with van der Waals surface area (Å²) in [7, 11) is 0. The number of amides is 1. The van der Waals surface area contributed by atoms with E-state index < -0.39 is 0 Å². The van der Waals surface area contributed by atoms with Crippen molar-refractivity contribution in [3.05, 3.63) is 114 Å². The van der Waals surface area contributed by atoms with E-state index in [1.807, 2.05) is 78.0 Å². The van der Waals surface area contributed by atoms with Crippen LogP contribution in [0.1, 0.15) is 16.7 Å². The molecule has 0 aliphatic carbocycles. The molecule has 30 heavy (non-hydrogen) atoms. The Hall–Kier alpha value is -3.73. The second-order valence-corrected chi connectivity index (χ2v) is 7.22. The summed E-state index contributed by atoms with van der Waals surface area (Å²) in [6.07, 6.45) is 8.39. The van der Waals surface area contributed by atoms with Gasteiger partial charge in [0.25, 0.3) is 0 Å². The van der Waals surface area contributed by atoms with Gasteiger partial charge in [-0.25, -0.2) is 4.68 Å². The zero-order valence-corrected chi connectivity index (χ0v) is 16.8. The molecule has 0 aliphatic rings. The van der Waals surface area contributed by atoms with Gasteiger partial charge < -0.3 is 4.90 Å². The SMILES string of the molecule is O=C(Cc1cnn(-c2ccccc2)c1)N(CCc1ccccc1)Cc1cccnc1. The molecular weight excluding hydrogens is 372 g/mol. The first-order valence-electron chi connectivity index (χ1n) is 10.1. The summed E-state index contributed by atoms with van der Waals surface area (Å²) in [5.41, 5.74) is 4.13. The molecule has 0 saturated heterocycles. The molecule has 2 aromatic carbocycles. The summed E-state index contributed by atoms with van der Waals surface area (Å²) in [4.78, 5) is 19.2. The summed E-state index contributed by atoms with van der Waals surface area (Å²) in [5.74, 6) is 0.0856. The van der Waals surface area contributed by atoms with E-state index in [-0.39, 0.29) is 5.91 Å². The first kappa shape index (κ1) is 19.6. The summed E-state index contributed by atoms with van der Waals surface area (Å²) in [5, 5.41) is 4.41. The lowest BCUT2D eigenvalue weighted by Crippen LogP contribution is -2.33. The number of pyridine rings is 1. The lowest BCUT2D eigenvalue weighted by atomic mass is 10.1. The Morgan fingerprint density at radius 3 is 2.30 bits per heavy atom. The molecule has 0 unspecified atom stereocenters. The van der Waals surface area contributed by atoms with E-state index >= 15 is 0 Å². The minimum absolute atomic E-state index is 0.0856. The second-order valence-electron chi connectivity index (χ2n) is 7.22. The van der Waals surface area contributed by atoms with Crippen molar-refractivity contribution in [2.75, 3.05) is 6.54 Å². The van der Waals surface area contributed by atoms with Crippen LogP contribution in [0, 0.1) is 0 Å². The molecule has 0 saturated carbocycles. The molecule has 0 fully saturated rings. The van der Waals surface area contributed by atoms with Crippen LogP contribution in [-0.2, 0) is 24.2 Å². The smallest absolute Gasteiger partial charge is 0.227 e. The van der Waals surface area contributed by atoms with Gasteiger partial charge in [-0.05, 0) is 41.3 Å². The van der Waals surface area contributed by atoms with Gasteiger partial charge in [-0.1, -0.05) is 54.6 Å². The topological polar surface area (TPSA) is 51.0 Å². The molecule has 1 amide bonds. The largest absolute Gasteiger partial charge is 0.338 e. The van der Waals surface area contributed by atoms with Gasteiger partial charge in [0.1, 0.15) is 0 Å². The Morgan fingerprint density at radius 2 is 1.57 bits per heavy atom. The highest BCUT2D eigenvalue weighted by Gasteiger charge is 2.16. The van der Waals surface area contributed by atoms with Crippen molar-refractivity contribution in [1.82, 2.24) is 19.7 Å². The van der Waals surface area contributed by atoms with Gasteiger partial charge in [0.2, 0.25) is 5.91 Å². The second kappa shape index (κ2) is 9.65. The van der Waals surface area contributed by atoms with Gasteiger partial charge in [0.05, 0.1) is 18.3 Å². The molecule has 150 valence electrons. The quantitative estimate of drug-likeness (QED) is 0.451. The van der Waals surface area contributed by atoms with E-state index in [2.05, 4.69) is 22.2 Å². The molecule has 0 atom stereocenters. The zero-order chi connectivity index (χ0) is 20.6. The average Bonchev–Trinajstić information content (AvgIpc) is 3.27. The Labute approximate surface area is 176 Å². The number of benzene rings is 2. The third-order valence-corrected chi connectivity index (χ3v) is 4.97. The minimum atomic E-state index is 0.0856. The van der Waals surface area contributed by atoms with Crippen molar-refractivity contribution in [3.8, 4) is 5.69 Å². The summed E-state index contributed by atoms with van der Waals surface area (Å²) in [6.45, 7) is 1.21. The van der Waals surface area contributed by atoms with Crippen molar-refractivity contribution in [2.24, 2.45) is 0 Å². The standard InChI is InChI=1S/C25H24N4O/c30-25(16-23-18-27-29(20-23)24-11-5-2-6-12-24)28(19-22-10-7-14-26-17-22)15-13-21-8-3-1-4-9-21/h1-12,14,17-18,20H,13,15-16,19H2. The van der Waals surface area contributed by atoms with Crippen LogP contribution in [0.25, 0.3) is 5.69 Å². The highest BCUT2D eigenvalue weighted by atomic mass is 16.2. The van der Waals surface area contributed by atoms with Gasteiger partial charge in [-0.3, -0.25) is 9.78 Å². The molecule has 5 nitrogen and oxygen atoms in total. The van der Waals surface area contributed by atoms with Crippen LogP contribution in [0.3, 0.4) is 0 Å². The van der Waals surface area contributed by atoms with Crippen molar-refractivity contribution >= 4 is 5.91 Å². The molecule has 5 heteroatoms. The van der Waals surface area contributed by atoms with Crippen LogP contribution in [-0.4, -0.2) is 32.1 Å². The fourth-order valence-corrected chi connectivity index (χ4v) is 3.37. The van der Waals surface area contributed by atoms with Gasteiger partial charge in [-0.2, -0.15) is 5.10 Å². The molecule has 4 aromatic rings. The number of para-hydroxylation sites is 1. The lowest BCUT2D eigenvalue weighted by Gasteiger charge is -2.23. The van der Waals surface area contributed by atoms with E-state index in [1.165, 1.54) is 5.56 Å².